The van der Waals surface area contributed by atoms with Crippen LogP contribution in [-0.4, -0.2) is 30.8 Å². The SMILES string of the molecule is c1cncc(CCCOC[C@@H]2CCCN2)c1. The molecule has 0 radical (unpaired) electrons. The van der Waals surface area contributed by atoms with Gasteiger partial charge in [0.05, 0.1) is 6.61 Å². The van der Waals surface area contributed by atoms with E-state index in [1.165, 1.54) is 18.4 Å². The fourth-order valence-electron chi connectivity index (χ4n) is 2.05. The van der Waals surface area contributed by atoms with Gasteiger partial charge in [0.1, 0.15) is 0 Å². The monoisotopic (exact) mass is 220 g/mol. The molecule has 2 heterocycles. The minimum atomic E-state index is 0.596. The maximum atomic E-state index is 5.66. The van der Waals surface area contributed by atoms with Crippen LogP contribution >= 0.6 is 0 Å². The molecule has 1 aliphatic heterocycles. The molecule has 16 heavy (non-hydrogen) atoms. The highest BCUT2D eigenvalue weighted by Gasteiger charge is 2.13. The Balaban J connectivity index is 1.52. The topological polar surface area (TPSA) is 34.1 Å². The van der Waals surface area contributed by atoms with Crippen LogP contribution in [0.2, 0.25) is 0 Å². The lowest BCUT2D eigenvalue weighted by atomic mass is 10.2. The Kier molecular flexibility index (Phi) is 4.77. The van der Waals surface area contributed by atoms with Crippen molar-refractivity contribution in [2.24, 2.45) is 0 Å². The molecule has 0 saturated carbocycles. The zero-order valence-corrected chi connectivity index (χ0v) is 9.69. The maximum Gasteiger partial charge on any atom is 0.0619 e. The fraction of sp³-hybridized carbons (Fsp3) is 0.615. The minimum absolute atomic E-state index is 0.596. The summed E-state index contributed by atoms with van der Waals surface area (Å²) in [6.45, 7) is 2.88. The third kappa shape index (κ3) is 3.91. The molecule has 1 atom stereocenters. The third-order valence-electron chi connectivity index (χ3n) is 2.96. The summed E-state index contributed by atoms with van der Waals surface area (Å²) >= 11 is 0. The maximum absolute atomic E-state index is 5.66. The van der Waals surface area contributed by atoms with E-state index in [0.29, 0.717) is 6.04 Å². The first-order valence-electron chi connectivity index (χ1n) is 6.15. The molecular formula is C13H20N2O. The molecule has 0 aliphatic carbocycles. The molecule has 1 aliphatic rings. The highest BCUT2D eigenvalue weighted by Crippen LogP contribution is 2.05. The van der Waals surface area contributed by atoms with Crippen LogP contribution in [-0.2, 0) is 11.2 Å². The molecule has 0 spiro atoms. The highest BCUT2D eigenvalue weighted by molar-refractivity contribution is 5.08. The van der Waals surface area contributed by atoms with E-state index in [2.05, 4.69) is 16.4 Å². The van der Waals surface area contributed by atoms with Gasteiger partial charge in [-0.2, -0.15) is 0 Å². The molecule has 88 valence electrons. The lowest BCUT2D eigenvalue weighted by Crippen LogP contribution is -2.26. The third-order valence-corrected chi connectivity index (χ3v) is 2.96. The summed E-state index contributed by atoms with van der Waals surface area (Å²) in [5.41, 5.74) is 1.30. The van der Waals surface area contributed by atoms with Crippen molar-refractivity contribution in [3.05, 3.63) is 30.1 Å². The molecule has 1 aromatic rings. The number of hydrogen-bond donors (Lipinski definition) is 1. The van der Waals surface area contributed by atoms with Crippen LogP contribution in [0.25, 0.3) is 0 Å². The van der Waals surface area contributed by atoms with Gasteiger partial charge in [0.25, 0.3) is 0 Å². The second kappa shape index (κ2) is 6.61. The molecule has 0 bridgehead atoms. The normalized spacial score (nSPS) is 20.1. The second-order valence-corrected chi connectivity index (χ2v) is 4.33. The van der Waals surface area contributed by atoms with E-state index >= 15 is 0 Å². The van der Waals surface area contributed by atoms with Gasteiger partial charge in [0.15, 0.2) is 0 Å². The molecule has 0 aromatic carbocycles. The van der Waals surface area contributed by atoms with Crippen molar-refractivity contribution >= 4 is 0 Å². The number of ether oxygens (including phenoxy) is 1. The summed E-state index contributed by atoms with van der Waals surface area (Å²) in [5.74, 6) is 0. The van der Waals surface area contributed by atoms with E-state index in [9.17, 15) is 0 Å². The summed E-state index contributed by atoms with van der Waals surface area (Å²) in [6.07, 6.45) is 8.45. The van der Waals surface area contributed by atoms with Crippen LogP contribution in [0.15, 0.2) is 24.5 Å². The van der Waals surface area contributed by atoms with Crippen LogP contribution in [0.5, 0.6) is 0 Å². The van der Waals surface area contributed by atoms with E-state index in [1.807, 2.05) is 18.5 Å². The van der Waals surface area contributed by atoms with Gasteiger partial charge in [0, 0.05) is 25.0 Å². The standard InChI is InChI=1S/C13H20N2O/c1-4-12(10-14-7-1)5-3-9-16-11-13-6-2-8-15-13/h1,4,7,10,13,15H,2-3,5-6,8-9,11H2/t13-/m0/s1. The molecule has 3 heteroatoms. The number of hydrogen-bond acceptors (Lipinski definition) is 3. The molecule has 1 N–H and O–H groups in total. The Morgan fingerprint density at radius 3 is 3.25 bits per heavy atom. The summed E-state index contributed by atoms with van der Waals surface area (Å²) in [5, 5.41) is 3.43. The van der Waals surface area contributed by atoms with Gasteiger partial charge in [-0.3, -0.25) is 4.98 Å². The number of aryl methyl sites for hydroxylation is 1. The first kappa shape index (κ1) is 11.6. The van der Waals surface area contributed by atoms with E-state index in [4.69, 9.17) is 4.74 Å². The van der Waals surface area contributed by atoms with Crippen molar-refractivity contribution in [3.8, 4) is 0 Å². The van der Waals surface area contributed by atoms with Gasteiger partial charge >= 0.3 is 0 Å². The highest BCUT2D eigenvalue weighted by atomic mass is 16.5. The van der Waals surface area contributed by atoms with Crippen LogP contribution < -0.4 is 5.32 Å². The number of aromatic nitrogens is 1. The van der Waals surface area contributed by atoms with Crippen LogP contribution in [0, 0.1) is 0 Å². The Morgan fingerprint density at radius 1 is 1.50 bits per heavy atom. The Morgan fingerprint density at radius 2 is 2.50 bits per heavy atom. The summed E-state index contributed by atoms with van der Waals surface area (Å²) < 4.78 is 5.66. The first-order chi connectivity index (χ1) is 7.95. The minimum Gasteiger partial charge on any atom is -0.380 e. The molecule has 1 fully saturated rings. The number of nitrogens with one attached hydrogen (secondary N) is 1. The van der Waals surface area contributed by atoms with Gasteiger partial charge in [-0.05, 0) is 43.9 Å². The summed E-state index contributed by atoms with van der Waals surface area (Å²) in [6, 6.07) is 4.70. The van der Waals surface area contributed by atoms with Gasteiger partial charge in [0.2, 0.25) is 0 Å². The van der Waals surface area contributed by atoms with Crippen molar-refractivity contribution in [2.45, 2.75) is 31.7 Å². The molecule has 2 rings (SSSR count). The molecule has 1 aromatic heterocycles. The van der Waals surface area contributed by atoms with E-state index in [-0.39, 0.29) is 0 Å². The lowest BCUT2D eigenvalue weighted by molar-refractivity contribution is 0.114. The number of nitrogens with zero attached hydrogens (tertiary/aromatic N) is 1. The van der Waals surface area contributed by atoms with Crippen LogP contribution in [0.3, 0.4) is 0 Å². The number of pyridine rings is 1. The van der Waals surface area contributed by atoms with Crippen molar-refractivity contribution in [3.63, 3.8) is 0 Å². The Labute approximate surface area is 97.2 Å². The number of rotatable bonds is 6. The smallest absolute Gasteiger partial charge is 0.0619 e. The zero-order valence-electron chi connectivity index (χ0n) is 9.69. The zero-order chi connectivity index (χ0) is 11.1. The molecule has 3 nitrogen and oxygen atoms in total. The van der Waals surface area contributed by atoms with E-state index < -0.39 is 0 Å². The Bertz CT molecular complexity index is 283. The van der Waals surface area contributed by atoms with E-state index in [0.717, 1.165) is 32.6 Å². The van der Waals surface area contributed by atoms with Crippen LogP contribution in [0.1, 0.15) is 24.8 Å². The van der Waals surface area contributed by atoms with E-state index in [1.54, 1.807) is 0 Å². The average Bonchev–Trinajstić information content (AvgIpc) is 2.83. The summed E-state index contributed by atoms with van der Waals surface area (Å²) in [7, 11) is 0. The van der Waals surface area contributed by atoms with Gasteiger partial charge < -0.3 is 10.1 Å². The first-order valence-corrected chi connectivity index (χ1v) is 6.15. The predicted octanol–water partition coefficient (Wildman–Crippen LogP) is 1.78. The van der Waals surface area contributed by atoms with Gasteiger partial charge in [-0.15, -0.1) is 0 Å². The molecule has 0 amide bonds. The molecular weight excluding hydrogens is 200 g/mol. The molecule has 0 unspecified atom stereocenters. The van der Waals surface area contributed by atoms with Crippen molar-refractivity contribution in [1.82, 2.24) is 10.3 Å². The molecule has 1 saturated heterocycles. The quantitative estimate of drug-likeness (QED) is 0.742. The predicted molar refractivity (Wildman–Crippen MR) is 64.4 cm³/mol. The summed E-state index contributed by atoms with van der Waals surface area (Å²) in [4.78, 5) is 4.10. The lowest BCUT2D eigenvalue weighted by Gasteiger charge is -2.10. The van der Waals surface area contributed by atoms with Crippen molar-refractivity contribution < 1.29 is 4.74 Å². The Hall–Kier alpha value is -0.930. The fourth-order valence-corrected chi connectivity index (χ4v) is 2.05. The van der Waals surface area contributed by atoms with Gasteiger partial charge in [-0.25, -0.2) is 0 Å². The second-order valence-electron chi connectivity index (χ2n) is 4.33. The van der Waals surface area contributed by atoms with Crippen LogP contribution in [0.4, 0.5) is 0 Å². The largest absolute Gasteiger partial charge is 0.380 e. The van der Waals surface area contributed by atoms with Crippen molar-refractivity contribution in [1.29, 1.82) is 0 Å². The van der Waals surface area contributed by atoms with Gasteiger partial charge in [-0.1, -0.05) is 6.07 Å². The van der Waals surface area contributed by atoms with Crippen molar-refractivity contribution in [2.75, 3.05) is 19.8 Å². The average molecular weight is 220 g/mol.